The van der Waals surface area contributed by atoms with E-state index < -0.39 is 3.42 Å². The number of rotatable bonds is 3. The minimum Gasteiger partial charge on any atom is -0.468 e. The molecule has 0 aliphatic carbocycles. The summed E-state index contributed by atoms with van der Waals surface area (Å²) in [7, 11) is 1.40. The number of methoxy groups -OCH3 is 1. The van der Waals surface area contributed by atoms with Gasteiger partial charge in [-0.2, -0.15) is 0 Å². The lowest BCUT2D eigenvalue weighted by Crippen LogP contribution is -2.39. The van der Waals surface area contributed by atoms with Crippen molar-refractivity contribution >= 4 is 28.6 Å². The van der Waals surface area contributed by atoms with Crippen molar-refractivity contribution in [1.82, 2.24) is 0 Å². The van der Waals surface area contributed by atoms with E-state index in [9.17, 15) is 4.79 Å². The van der Waals surface area contributed by atoms with Crippen LogP contribution in [-0.2, 0) is 9.53 Å². The Morgan fingerprint density at radius 3 is 2.38 bits per heavy atom. The van der Waals surface area contributed by atoms with Crippen molar-refractivity contribution in [2.24, 2.45) is 11.8 Å². The molecule has 0 heterocycles. The molecule has 1 unspecified atom stereocenters. The number of ether oxygens (including phenoxy) is 1. The zero-order valence-corrected chi connectivity index (χ0v) is 10.6. The quantitative estimate of drug-likeness (QED) is 0.345. The van der Waals surface area contributed by atoms with Gasteiger partial charge >= 0.3 is 5.97 Å². The van der Waals surface area contributed by atoms with Gasteiger partial charge in [-0.15, -0.1) is 12.3 Å². The third kappa shape index (κ3) is 2.87. The van der Waals surface area contributed by atoms with Gasteiger partial charge in [-0.1, -0.05) is 36.4 Å². The molecule has 0 aliphatic rings. The fraction of sp³-hybridized carbons (Fsp3) is 0.700. The monoisotopic (exact) mass is 294 g/mol. The van der Waals surface area contributed by atoms with Crippen molar-refractivity contribution in [3.05, 3.63) is 0 Å². The topological polar surface area (TPSA) is 26.3 Å². The van der Waals surface area contributed by atoms with Gasteiger partial charge in [0, 0.05) is 5.92 Å². The van der Waals surface area contributed by atoms with Gasteiger partial charge in [0.1, 0.15) is 3.42 Å². The normalized spacial score (nSPS) is 19.4. The molecule has 0 aromatic rings. The van der Waals surface area contributed by atoms with E-state index in [4.69, 9.17) is 11.2 Å². The summed E-state index contributed by atoms with van der Waals surface area (Å²) in [5.41, 5.74) is 0. The van der Waals surface area contributed by atoms with Crippen molar-refractivity contribution in [1.29, 1.82) is 0 Å². The maximum absolute atomic E-state index is 11.4. The number of esters is 1. The number of hydrogen-bond donors (Lipinski definition) is 0. The Labute approximate surface area is 93.6 Å². The first-order valence-electron chi connectivity index (χ1n) is 4.11. The molecule has 0 radical (unpaired) electrons. The first-order chi connectivity index (χ1) is 5.87. The van der Waals surface area contributed by atoms with E-state index >= 15 is 0 Å². The molecule has 0 aromatic carbocycles. The Morgan fingerprint density at radius 2 is 2.08 bits per heavy atom. The molecule has 3 atom stereocenters. The molecule has 0 amide bonds. The van der Waals surface area contributed by atoms with Gasteiger partial charge < -0.3 is 4.74 Å². The SMILES string of the molecule is C#C[C@H](C)[C@H](C)C(C)(I)C(=O)OC. The summed E-state index contributed by atoms with van der Waals surface area (Å²) in [5.74, 6) is 2.59. The number of carbonyl (C=O) groups is 1. The van der Waals surface area contributed by atoms with Gasteiger partial charge in [0.25, 0.3) is 0 Å². The highest BCUT2D eigenvalue weighted by Gasteiger charge is 2.39. The van der Waals surface area contributed by atoms with Crippen molar-refractivity contribution in [3.63, 3.8) is 0 Å². The van der Waals surface area contributed by atoms with E-state index in [1.54, 1.807) is 0 Å². The average Bonchev–Trinajstić information content (AvgIpc) is 2.13. The standard InChI is InChI=1S/C10H15IO2/c1-6-7(2)8(3)10(4,11)9(12)13-5/h1,7-8H,2-5H3/t7-,8-,10?/m0/s1. The van der Waals surface area contributed by atoms with Gasteiger partial charge in [-0.05, 0) is 12.8 Å². The molecule has 0 aliphatic heterocycles. The molecule has 0 saturated heterocycles. The van der Waals surface area contributed by atoms with Crippen LogP contribution in [0, 0.1) is 24.2 Å². The highest BCUT2D eigenvalue weighted by atomic mass is 127. The van der Waals surface area contributed by atoms with Crippen LogP contribution in [0.1, 0.15) is 20.8 Å². The van der Waals surface area contributed by atoms with E-state index in [1.807, 2.05) is 20.8 Å². The molecule has 13 heavy (non-hydrogen) atoms. The molecule has 0 spiro atoms. The summed E-state index contributed by atoms with van der Waals surface area (Å²) < 4.78 is 4.17. The molecule has 0 bridgehead atoms. The number of halogens is 1. The predicted molar refractivity (Wildman–Crippen MR) is 61.6 cm³/mol. The highest BCUT2D eigenvalue weighted by Crippen LogP contribution is 2.34. The average molecular weight is 294 g/mol. The van der Waals surface area contributed by atoms with Crippen LogP contribution >= 0.6 is 22.6 Å². The number of terminal acetylenes is 1. The number of alkyl halides is 1. The van der Waals surface area contributed by atoms with E-state index in [0.717, 1.165) is 0 Å². The molecular weight excluding hydrogens is 279 g/mol. The molecule has 0 N–H and O–H groups in total. The van der Waals surface area contributed by atoms with Gasteiger partial charge in [0.05, 0.1) is 7.11 Å². The minimum absolute atomic E-state index is 0.0704. The molecule has 0 fully saturated rings. The summed E-state index contributed by atoms with van der Waals surface area (Å²) in [4.78, 5) is 11.4. The zero-order valence-electron chi connectivity index (χ0n) is 8.43. The summed E-state index contributed by atoms with van der Waals surface area (Å²) in [5, 5.41) is 0. The number of carbonyl (C=O) groups excluding carboxylic acids is 1. The largest absolute Gasteiger partial charge is 0.468 e. The lowest BCUT2D eigenvalue weighted by atomic mass is 9.85. The fourth-order valence-electron chi connectivity index (χ4n) is 0.999. The molecule has 0 saturated carbocycles. The smallest absolute Gasteiger partial charge is 0.321 e. The second-order valence-corrected chi connectivity index (χ2v) is 5.55. The third-order valence-electron chi connectivity index (χ3n) is 2.45. The zero-order chi connectivity index (χ0) is 10.6. The highest BCUT2D eigenvalue weighted by molar-refractivity contribution is 14.1. The maximum atomic E-state index is 11.4. The Balaban J connectivity index is 4.64. The summed E-state index contributed by atoms with van der Waals surface area (Å²) in [6, 6.07) is 0. The maximum Gasteiger partial charge on any atom is 0.321 e. The van der Waals surface area contributed by atoms with Gasteiger partial charge in [0.15, 0.2) is 0 Å². The predicted octanol–water partition coefficient (Wildman–Crippen LogP) is 2.26. The van der Waals surface area contributed by atoms with Crippen molar-refractivity contribution in [2.75, 3.05) is 7.11 Å². The Bertz CT molecular complexity index is 228. The minimum atomic E-state index is -0.543. The summed E-state index contributed by atoms with van der Waals surface area (Å²) in [6.45, 7) is 5.75. The first kappa shape index (κ1) is 12.8. The third-order valence-corrected chi connectivity index (χ3v) is 3.88. The Hall–Kier alpha value is -0.240. The first-order valence-corrected chi connectivity index (χ1v) is 5.19. The Morgan fingerprint density at radius 1 is 1.62 bits per heavy atom. The second-order valence-electron chi connectivity index (χ2n) is 3.31. The second kappa shape index (κ2) is 4.85. The summed E-state index contributed by atoms with van der Waals surface area (Å²) in [6.07, 6.45) is 5.31. The lowest BCUT2D eigenvalue weighted by Gasteiger charge is -2.29. The van der Waals surface area contributed by atoms with E-state index in [0.29, 0.717) is 0 Å². The van der Waals surface area contributed by atoms with Crippen LogP contribution in [0.25, 0.3) is 0 Å². The molecule has 3 heteroatoms. The summed E-state index contributed by atoms with van der Waals surface area (Å²) >= 11 is 2.10. The van der Waals surface area contributed by atoms with Crippen molar-refractivity contribution in [2.45, 2.75) is 24.2 Å². The van der Waals surface area contributed by atoms with Crippen LogP contribution in [0.3, 0.4) is 0 Å². The van der Waals surface area contributed by atoms with Crippen LogP contribution in [0.5, 0.6) is 0 Å². The fourth-order valence-corrected chi connectivity index (χ4v) is 1.76. The molecule has 0 aromatic heterocycles. The lowest BCUT2D eigenvalue weighted by molar-refractivity contribution is -0.144. The van der Waals surface area contributed by atoms with E-state index in [2.05, 4.69) is 28.5 Å². The van der Waals surface area contributed by atoms with Gasteiger partial charge in [0.2, 0.25) is 0 Å². The van der Waals surface area contributed by atoms with Crippen LogP contribution < -0.4 is 0 Å². The molecular formula is C10H15IO2. The number of hydrogen-bond acceptors (Lipinski definition) is 2. The van der Waals surface area contributed by atoms with Crippen LogP contribution in [0.4, 0.5) is 0 Å². The van der Waals surface area contributed by atoms with Crippen molar-refractivity contribution < 1.29 is 9.53 Å². The van der Waals surface area contributed by atoms with Crippen LogP contribution in [0.15, 0.2) is 0 Å². The van der Waals surface area contributed by atoms with E-state index in [1.165, 1.54) is 7.11 Å². The van der Waals surface area contributed by atoms with Crippen LogP contribution in [-0.4, -0.2) is 16.5 Å². The van der Waals surface area contributed by atoms with E-state index in [-0.39, 0.29) is 17.8 Å². The molecule has 0 rings (SSSR count). The van der Waals surface area contributed by atoms with Crippen molar-refractivity contribution in [3.8, 4) is 12.3 Å². The van der Waals surface area contributed by atoms with Gasteiger partial charge in [-0.25, -0.2) is 0 Å². The molecule has 2 nitrogen and oxygen atoms in total. The molecule has 74 valence electrons. The van der Waals surface area contributed by atoms with Gasteiger partial charge in [-0.3, -0.25) is 4.79 Å². The Kier molecular flexibility index (Phi) is 4.76. The van der Waals surface area contributed by atoms with Crippen LogP contribution in [0.2, 0.25) is 0 Å².